The van der Waals surface area contributed by atoms with E-state index in [1.807, 2.05) is 0 Å². The van der Waals surface area contributed by atoms with E-state index < -0.39 is 11.8 Å². The van der Waals surface area contributed by atoms with Gasteiger partial charge in [-0.25, -0.2) is 9.97 Å². The van der Waals surface area contributed by atoms with Crippen molar-refractivity contribution in [2.75, 3.05) is 31.5 Å². The highest BCUT2D eigenvalue weighted by molar-refractivity contribution is 6.39. The summed E-state index contributed by atoms with van der Waals surface area (Å²) in [6.45, 7) is 3.06. The summed E-state index contributed by atoms with van der Waals surface area (Å²) in [7, 11) is 0. The van der Waals surface area contributed by atoms with Crippen molar-refractivity contribution in [3.63, 3.8) is 0 Å². The Morgan fingerprint density at radius 3 is 2.15 bits per heavy atom. The Hall–Kier alpha value is -2.51. The fourth-order valence-electron chi connectivity index (χ4n) is 1.89. The van der Waals surface area contributed by atoms with Crippen LogP contribution in [0.25, 0.3) is 0 Å². The van der Waals surface area contributed by atoms with Crippen molar-refractivity contribution < 1.29 is 14.4 Å². The molecule has 1 aliphatic heterocycles. The number of nitrogens with zero attached hydrogens (tertiary/aromatic N) is 4. The second-order valence-corrected chi connectivity index (χ2v) is 4.32. The lowest BCUT2D eigenvalue weighted by molar-refractivity contribution is -0.145. The lowest BCUT2D eigenvalue weighted by atomic mass is 10.3. The zero-order valence-corrected chi connectivity index (χ0v) is 11.1. The van der Waals surface area contributed by atoms with Crippen LogP contribution >= 0.6 is 0 Å². The molecule has 0 atom stereocenters. The molecule has 3 amide bonds. The van der Waals surface area contributed by atoms with Gasteiger partial charge in [0.15, 0.2) is 0 Å². The highest BCUT2D eigenvalue weighted by Gasteiger charge is 2.27. The Morgan fingerprint density at radius 1 is 1.05 bits per heavy atom. The molecular weight excluding hydrogens is 262 g/mol. The minimum atomic E-state index is -0.771. The van der Waals surface area contributed by atoms with Gasteiger partial charge in [0.25, 0.3) is 0 Å². The van der Waals surface area contributed by atoms with Crippen molar-refractivity contribution in [2.24, 2.45) is 0 Å². The Kier molecular flexibility index (Phi) is 4.24. The molecule has 0 aromatic carbocycles. The van der Waals surface area contributed by atoms with Crippen LogP contribution in [0.1, 0.15) is 6.92 Å². The lowest BCUT2D eigenvalue weighted by Crippen LogP contribution is -2.52. The maximum absolute atomic E-state index is 11.9. The first kappa shape index (κ1) is 13.9. The van der Waals surface area contributed by atoms with Gasteiger partial charge in [-0.05, 0) is 6.07 Å². The zero-order valence-electron chi connectivity index (χ0n) is 11.1. The highest BCUT2D eigenvalue weighted by Crippen LogP contribution is 2.04. The van der Waals surface area contributed by atoms with Crippen LogP contribution in [-0.4, -0.2) is 63.7 Å². The number of carbonyl (C=O) groups is 3. The smallest absolute Gasteiger partial charge is 0.316 e. The molecule has 1 saturated heterocycles. The lowest BCUT2D eigenvalue weighted by Gasteiger charge is -2.33. The van der Waals surface area contributed by atoms with E-state index in [0.717, 1.165) is 0 Å². The quantitative estimate of drug-likeness (QED) is 0.672. The first-order valence-electron chi connectivity index (χ1n) is 6.20. The number of amides is 3. The topological polar surface area (TPSA) is 95.5 Å². The van der Waals surface area contributed by atoms with Gasteiger partial charge < -0.3 is 9.80 Å². The molecule has 0 bridgehead atoms. The van der Waals surface area contributed by atoms with Gasteiger partial charge in [-0.2, -0.15) is 0 Å². The van der Waals surface area contributed by atoms with Gasteiger partial charge in [-0.15, -0.1) is 0 Å². The van der Waals surface area contributed by atoms with Crippen molar-refractivity contribution in [3.05, 3.63) is 18.5 Å². The normalized spacial score (nSPS) is 14.8. The molecule has 1 aromatic rings. The molecule has 0 aliphatic carbocycles. The fraction of sp³-hybridized carbons (Fsp3) is 0.417. The highest BCUT2D eigenvalue weighted by atomic mass is 16.2. The maximum Gasteiger partial charge on any atom is 0.316 e. The molecule has 20 heavy (non-hydrogen) atoms. The molecular formula is C12H15N5O3. The number of aromatic nitrogens is 2. The summed E-state index contributed by atoms with van der Waals surface area (Å²) in [6, 6.07) is 1.61. The molecule has 1 aromatic heterocycles. The molecule has 1 fully saturated rings. The van der Waals surface area contributed by atoms with Crippen molar-refractivity contribution in [1.29, 1.82) is 0 Å². The minimum absolute atomic E-state index is 0.0285. The van der Waals surface area contributed by atoms with Gasteiger partial charge in [-0.1, -0.05) is 0 Å². The summed E-state index contributed by atoms with van der Waals surface area (Å²) in [4.78, 5) is 45.6. The number of anilines is 1. The second-order valence-electron chi connectivity index (χ2n) is 4.32. The Labute approximate surface area is 115 Å². The van der Waals surface area contributed by atoms with Crippen molar-refractivity contribution in [3.8, 4) is 0 Å². The van der Waals surface area contributed by atoms with E-state index in [2.05, 4.69) is 15.3 Å². The van der Waals surface area contributed by atoms with Gasteiger partial charge >= 0.3 is 11.8 Å². The van der Waals surface area contributed by atoms with Crippen LogP contribution in [-0.2, 0) is 14.4 Å². The summed E-state index contributed by atoms with van der Waals surface area (Å²) in [6.07, 6.45) is 2.94. The van der Waals surface area contributed by atoms with Gasteiger partial charge in [0, 0.05) is 45.5 Å². The molecule has 0 spiro atoms. The van der Waals surface area contributed by atoms with Gasteiger partial charge in [0.05, 0.1) is 0 Å². The molecule has 1 aliphatic rings. The average Bonchev–Trinajstić information content (AvgIpc) is 2.47. The maximum atomic E-state index is 11.9. The van der Waals surface area contributed by atoms with Crippen molar-refractivity contribution in [2.45, 2.75) is 6.92 Å². The van der Waals surface area contributed by atoms with Crippen LogP contribution in [0.2, 0.25) is 0 Å². The summed E-state index contributed by atoms with van der Waals surface area (Å²) in [5, 5.41) is 2.34. The first-order chi connectivity index (χ1) is 9.58. The van der Waals surface area contributed by atoms with E-state index in [-0.39, 0.29) is 11.9 Å². The van der Waals surface area contributed by atoms with E-state index in [1.165, 1.54) is 24.2 Å². The Bertz CT molecular complexity index is 511. The standard InChI is InChI=1S/C12H15N5O3/c1-9(18)16-5-7-17(8-6-16)11(20)10(19)15-12-13-3-2-4-14-12/h2-4H,5-8H2,1H3,(H,13,14,15,19). The number of rotatable bonds is 1. The monoisotopic (exact) mass is 277 g/mol. The number of hydrogen-bond acceptors (Lipinski definition) is 5. The van der Waals surface area contributed by atoms with E-state index in [0.29, 0.717) is 26.2 Å². The summed E-state index contributed by atoms with van der Waals surface area (Å²) < 4.78 is 0. The van der Waals surface area contributed by atoms with Crippen LogP contribution in [0, 0.1) is 0 Å². The third-order valence-electron chi connectivity index (χ3n) is 3.00. The van der Waals surface area contributed by atoms with E-state index in [4.69, 9.17) is 0 Å². The number of nitrogens with one attached hydrogen (secondary N) is 1. The van der Waals surface area contributed by atoms with Crippen LogP contribution in [0.5, 0.6) is 0 Å². The third kappa shape index (κ3) is 3.28. The van der Waals surface area contributed by atoms with Crippen LogP contribution in [0.4, 0.5) is 5.95 Å². The molecule has 2 heterocycles. The third-order valence-corrected chi connectivity index (χ3v) is 3.00. The van der Waals surface area contributed by atoms with Gasteiger partial charge in [0.2, 0.25) is 11.9 Å². The van der Waals surface area contributed by atoms with Crippen LogP contribution in [0.15, 0.2) is 18.5 Å². The Morgan fingerprint density at radius 2 is 1.60 bits per heavy atom. The van der Waals surface area contributed by atoms with E-state index >= 15 is 0 Å². The van der Waals surface area contributed by atoms with E-state index in [1.54, 1.807) is 11.0 Å². The molecule has 106 valence electrons. The predicted molar refractivity (Wildman–Crippen MR) is 69.5 cm³/mol. The zero-order chi connectivity index (χ0) is 14.5. The molecule has 2 rings (SSSR count). The molecule has 1 N–H and O–H groups in total. The van der Waals surface area contributed by atoms with Crippen LogP contribution in [0.3, 0.4) is 0 Å². The predicted octanol–water partition coefficient (Wildman–Crippen LogP) is -0.894. The number of carbonyl (C=O) groups excluding carboxylic acids is 3. The van der Waals surface area contributed by atoms with Crippen molar-refractivity contribution >= 4 is 23.7 Å². The van der Waals surface area contributed by atoms with Crippen molar-refractivity contribution in [1.82, 2.24) is 19.8 Å². The van der Waals surface area contributed by atoms with Crippen LogP contribution < -0.4 is 5.32 Å². The molecule has 0 radical (unpaired) electrons. The summed E-state index contributed by atoms with van der Waals surface area (Å²) in [5.41, 5.74) is 0. The van der Waals surface area contributed by atoms with Gasteiger partial charge in [-0.3, -0.25) is 19.7 Å². The minimum Gasteiger partial charge on any atom is -0.339 e. The molecule has 8 heteroatoms. The van der Waals surface area contributed by atoms with E-state index in [9.17, 15) is 14.4 Å². The second kappa shape index (κ2) is 6.09. The number of hydrogen-bond donors (Lipinski definition) is 1. The number of piperazine rings is 1. The Balaban J connectivity index is 1.89. The SMILES string of the molecule is CC(=O)N1CCN(C(=O)C(=O)Nc2ncccn2)CC1. The fourth-order valence-corrected chi connectivity index (χ4v) is 1.89. The average molecular weight is 277 g/mol. The van der Waals surface area contributed by atoms with Gasteiger partial charge in [0.1, 0.15) is 0 Å². The molecule has 0 unspecified atom stereocenters. The summed E-state index contributed by atoms with van der Waals surface area (Å²) >= 11 is 0. The first-order valence-corrected chi connectivity index (χ1v) is 6.20. The largest absolute Gasteiger partial charge is 0.339 e. The summed E-state index contributed by atoms with van der Waals surface area (Å²) in [5.74, 6) is -1.35. The molecule has 8 nitrogen and oxygen atoms in total. The molecule has 0 saturated carbocycles.